The first-order chi connectivity index (χ1) is 14.2. The molecule has 1 saturated heterocycles. The molecule has 0 atom stereocenters. The summed E-state index contributed by atoms with van der Waals surface area (Å²) in [5.74, 6) is 2.46. The summed E-state index contributed by atoms with van der Waals surface area (Å²) in [6, 6.07) is 8.43. The monoisotopic (exact) mass is 411 g/mol. The number of amides is 1. The molecule has 1 aromatic carbocycles. The third-order valence-electron chi connectivity index (χ3n) is 5.84. The molecule has 0 N–H and O–H groups in total. The minimum Gasteiger partial charge on any atom is -0.445 e. The van der Waals surface area contributed by atoms with Crippen molar-refractivity contribution in [1.29, 1.82) is 0 Å². The van der Waals surface area contributed by atoms with Crippen molar-refractivity contribution in [1.82, 2.24) is 19.2 Å². The molecule has 0 saturated carbocycles. The molecule has 0 unspecified atom stereocenters. The average molecular weight is 412 g/mol. The van der Waals surface area contributed by atoms with E-state index in [1.165, 1.54) is 10.1 Å². The first kappa shape index (κ1) is 18.6. The fourth-order valence-electron chi connectivity index (χ4n) is 4.25. The Kier molecular flexibility index (Phi) is 4.97. The van der Waals surface area contributed by atoms with Crippen molar-refractivity contribution >= 4 is 33.3 Å². The summed E-state index contributed by atoms with van der Waals surface area (Å²) in [5, 5.41) is 1.25. The summed E-state index contributed by atoms with van der Waals surface area (Å²) < 4.78 is 11.5. The van der Waals surface area contributed by atoms with Gasteiger partial charge in [0.05, 0.1) is 4.70 Å². The van der Waals surface area contributed by atoms with Crippen molar-refractivity contribution in [3.05, 3.63) is 41.6 Å². The molecule has 0 spiro atoms. The third-order valence-corrected chi connectivity index (χ3v) is 6.66. The van der Waals surface area contributed by atoms with E-state index < -0.39 is 0 Å². The molecule has 8 heteroatoms. The van der Waals surface area contributed by atoms with Crippen LogP contribution in [0.5, 0.6) is 0 Å². The van der Waals surface area contributed by atoms with Gasteiger partial charge in [0, 0.05) is 64.5 Å². The topological polar surface area (TPSA) is 65.7 Å². The molecule has 7 nitrogen and oxygen atoms in total. The number of carbonyl (C=O) groups is 1. The van der Waals surface area contributed by atoms with Gasteiger partial charge in [-0.05, 0) is 30.1 Å². The molecule has 152 valence electrons. The van der Waals surface area contributed by atoms with Gasteiger partial charge in [-0.2, -0.15) is 4.37 Å². The first-order valence-electron chi connectivity index (χ1n) is 10.3. The van der Waals surface area contributed by atoms with Crippen molar-refractivity contribution in [3.8, 4) is 0 Å². The zero-order chi connectivity index (χ0) is 19.8. The highest BCUT2D eigenvalue weighted by atomic mass is 32.1. The van der Waals surface area contributed by atoms with E-state index in [-0.39, 0.29) is 5.91 Å². The summed E-state index contributed by atoms with van der Waals surface area (Å²) in [7, 11) is 0. The lowest BCUT2D eigenvalue weighted by molar-refractivity contribution is 0.0733. The molecule has 5 rings (SSSR count). The summed E-state index contributed by atoms with van der Waals surface area (Å²) >= 11 is 1.57. The van der Waals surface area contributed by atoms with Crippen LogP contribution in [0.3, 0.4) is 0 Å². The predicted molar refractivity (Wildman–Crippen MR) is 114 cm³/mol. The van der Waals surface area contributed by atoms with Gasteiger partial charge in [0.25, 0.3) is 5.91 Å². The standard InChI is InChI=1S/C21H25N5O2S/c1-15-22-19-17(28-15)6-4-8-26(21(19)27)14-11-24-9-12-25(13-10-24)20-16-5-2-3-7-18(16)29-23-20/h2-3,5,7H,4,6,8-14H2,1H3. The number of aromatic nitrogens is 2. The Labute approximate surface area is 174 Å². The van der Waals surface area contributed by atoms with Crippen LogP contribution >= 0.6 is 11.5 Å². The first-order valence-corrected chi connectivity index (χ1v) is 11.0. The Balaban J connectivity index is 1.18. The van der Waals surface area contributed by atoms with Crippen LogP contribution in [-0.4, -0.2) is 70.9 Å². The van der Waals surface area contributed by atoms with Crippen LogP contribution in [0.4, 0.5) is 5.82 Å². The van der Waals surface area contributed by atoms with Crippen LogP contribution in [0.15, 0.2) is 28.7 Å². The Hall–Kier alpha value is -2.45. The fraction of sp³-hybridized carbons (Fsp3) is 0.476. The molecule has 2 aliphatic heterocycles. The second kappa shape index (κ2) is 7.76. The molecule has 3 aromatic rings. The number of aryl methyl sites for hydroxylation is 2. The Bertz CT molecular complexity index is 1020. The number of anilines is 1. The van der Waals surface area contributed by atoms with Crippen molar-refractivity contribution < 1.29 is 9.21 Å². The molecule has 1 amide bonds. The van der Waals surface area contributed by atoms with Crippen molar-refractivity contribution in [2.45, 2.75) is 19.8 Å². The summed E-state index contributed by atoms with van der Waals surface area (Å²) in [5.41, 5.74) is 0.514. The number of hydrogen-bond donors (Lipinski definition) is 0. The van der Waals surface area contributed by atoms with Crippen molar-refractivity contribution in [2.75, 3.05) is 50.7 Å². The van der Waals surface area contributed by atoms with Gasteiger partial charge in [0.1, 0.15) is 11.6 Å². The van der Waals surface area contributed by atoms with E-state index in [1.54, 1.807) is 18.5 Å². The SMILES string of the molecule is Cc1nc2c(o1)CCCN(CCN1CCN(c3nsc4ccccc34)CC1)C2=O. The maximum Gasteiger partial charge on any atom is 0.276 e. The number of hydrogen-bond acceptors (Lipinski definition) is 7. The van der Waals surface area contributed by atoms with E-state index in [4.69, 9.17) is 4.42 Å². The molecule has 29 heavy (non-hydrogen) atoms. The van der Waals surface area contributed by atoms with Crippen molar-refractivity contribution in [3.63, 3.8) is 0 Å². The van der Waals surface area contributed by atoms with Crippen LogP contribution in [-0.2, 0) is 6.42 Å². The number of rotatable bonds is 4. The zero-order valence-corrected chi connectivity index (χ0v) is 17.5. The number of benzene rings is 1. The van der Waals surface area contributed by atoms with Crippen molar-refractivity contribution in [2.24, 2.45) is 0 Å². The molecule has 2 aliphatic rings. The predicted octanol–water partition coefficient (Wildman–Crippen LogP) is 2.80. The highest BCUT2D eigenvalue weighted by Gasteiger charge is 2.28. The number of fused-ring (bicyclic) bond motifs is 2. The maximum absolute atomic E-state index is 12.8. The molecule has 4 heterocycles. The van der Waals surface area contributed by atoms with Crippen LogP contribution in [0.2, 0.25) is 0 Å². The molecule has 0 radical (unpaired) electrons. The maximum atomic E-state index is 12.8. The number of nitrogens with zero attached hydrogens (tertiary/aromatic N) is 5. The summed E-state index contributed by atoms with van der Waals surface area (Å²) in [6.45, 7) is 8.12. The quantitative estimate of drug-likeness (QED) is 0.658. The van der Waals surface area contributed by atoms with Gasteiger partial charge in [-0.1, -0.05) is 12.1 Å². The van der Waals surface area contributed by atoms with E-state index in [1.807, 2.05) is 4.90 Å². The smallest absolute Gasteiger partial charge is 0.276 e. The average Bonchev–Trinajstić information content (AvgIpc) is 3.30. The highest BCUT2D eigenvalue weighted by Crippen LogP contribution is 2.29. The van der Waals surface area contributed by atoms with E-state index in [0.717, 1.165) is 70.2 Å². The largest absolute Gasteiger partial charge is 0.445 e. The number of carbonyl (C=O) groups excluding carboxylic acids is 1. The lowest BCUT2D eigenvalue weighted by atomic mass is 10.2. The Morgan fingerprint density at radius 1 is 1.10 bits per heavy atom. The summed E-state index contributed by atoms with van der Waals surface area (Å²) in [4.78, 5) is 23.9. The number of piperazine rings is 1. The number of oxazole rings is 1. The van der Waals surface area contributed by atoms with Crippen LogP contribution in [0, 0.1) is 6.92 Å². The third kappa shape index (κ3) is 3.62. The van der Waals surface area contributed by atoms with Gasteiger partial charge < -0.3 is 14.2 Å². The van der Waals surface area contributed by atoms with Gasteiger partial charge in [-0.3, -0.25) is 9.69 Å². The zero-order valence-electron chi connectivity index (χ0n) is 16.6. The normalized spacial score (nSPS) is 18.3. The van der Waals surface area contributed by atoms with E-state index >= 15 is 0 Å². The summed E-state index contributed by atoms with van der Waals surface area (Å²) in [6.07, 6.45) is 1.72. The second-order valence-electron chi connectivity index (χ2n) is 7.73. The molecular formula is C21H25N5O2S. The van der Waals surface area contributed by atoms with Gasteiger partial charge in [-0.25, -0.2) is 4.98 Å². The molecular weight excluding hydrogens is 386 g/mol. The van der Waals surface area contributed by atoms with Crippen LogP contribution in [0.25, 0.3) is 10.1 Å². The van der Waals surface area contributed by atoms with E-state index in [9.17, 15) is 4.79 Å². The molecule has 0 aliphatic carbocycles. The van der Waals surface area contributed by atoms with E-state index in [0.29, 0.717) is 11.6 Å². The minimum atomic E-state index is 0.0157. The van der Waals surface area contributed by atoms with Gasteiger partial charge >= 0.3 is 0 Å². The highest BCUT2D eigenvalue weighted by molar-refractivity contribution is 7.13. The molecule has 0 bridgehead atoms. The van der Waals surface area contributed by atoms with E-state index in [2.05, 4.69) is 43.4 Å². The van der Waals surface area contributed by atoms with Gasteiger partial charge in [0.15, 0.2) is 11.6 Å². The Morgan fingerprint density at radius 2 is 1.93 bits per heavy atom. The molecule has 2 aromatic heterocycles. The minimum absolute atomic E-state index is 0.0157. The lowest BCUT2D eigenvalue weighted by Gasteiger charge is -2.36. The Morgan fingerprint density at radius 3 is 2.79 bits per heavy atom. The fourth-order valence-corrected chi connectivity index (χ4v) is 5.04. The van der Waals surface area contributed by atoms with Crippen LogP contribution in [0.1, 0.15) is 28.6 Å². The van der Waals surface area contributed by atoms with Gasteiger partial charge in [0.2, 0.25) is 0 Å². The second-order valence-corrected chi connectivity index (χ2v) is 8.54. The van der Waals surface area contributed by atoms with Gasteiger partial charge in [-0.15, -0.1) is 0 Å². The van der Waals surface area contributed by atoms with Crippen LogP contribution < -0.4 is 4.90 Å². The molecule has 1 fully saturated rings. The lowest BCUT2D eigenvalue weighted by Crippen LogP contribution is -2.49.